The standard InChI is InChI=1S/C25H31FN4O4S/c1-14(31)29-8-7-15(12-29)28-19-10-16(9-18(26)22(19)24(27)32)30-20-6-4-5-17(20)23-21(30)11-25(2,3)13-35(23,33)34/h9-10,15,28H,4-8,11-13H2,1-3H3,(H2,27,32). The molecule has 0 radical (unpaired) electrons. The lowest BCUT2D eigenvalue weighted by Crippen LogP contribution is -2.33. The number of hydrogen-bond acceptors (Lipinski definition) is 5. The molecule has 3 N–H and O–H groups in total. The monoisotopic (exact) mass is 502 g/mol. The van der Waals surface area contributed by atoms with E-state index in [4.69, 9.17) is 5.73 Å². The van der Waals surface area contributed by atoms with Gasteiger partial charge in [-0.3, -0.25) is 9.59 Å². The van der Waals surface area contributed by atoms with E-state index >= 15 is 4.39 Å². The van der Waals surface area contributed by atoms with Gasteiger partial charge in [0.2, 0.25) is 5.91 Å². The second-order valence-corrected chi connectivity index (χ2v) is 12.7. The van der Waals surface area contributed by atoms with Crippen LogP contribution in [0.5, 0.6) is 0 Å². The number of nitrogens with zero attached hydrogens (tertiary/aromatic N) is 2. The van der Waals surface area contributed by atoms with Gasteiger partial charge >= 0.3 is 0 Å². The van der Waals surface area contributed by atoms with E-state index in [1.54, 1.807) is 11.0 Å². The summed E-state index contributed by atoms with van der Waals surface area (Å²) in [5.41, 5.74) is 8.01. The normalized spacial score (nSPS) is 22.1. The number of primary amides is 1. The van der Waals surface area contributed by atoms with E-state index < -0.39 is 27.0 Å². The van der Waals surface area contributed by atoms with Crippen molar-refractivity contribution in [2.75, 3.05) is 24.2 Å². The van der Waals surface area contributed by atoms with E-state index in [0.717, 1.165) is 17.7 Å². The molecule has 2 aliphatic heterocycles. The molecule has 10 heteroatoms. The van der Waals surface area contributed by atoms with Crippen LogP contribution in [-0.4, -0.2) is 54.6 Å². The second-order valence-electron chi connectivity index (χ2n) is 10.8. The predicted octanol–water partition coefficient (Wildman–Crippen LogP) is 2.59. The second kappa shape index (κ2) is 8.08. The van der Waals surface area contributed by atoms with E-state index in [1.165, 1.54) is 13.0 Å². The lowest BCUT2D eigenvalue weighted by molar-refractivity contribution is -0.127. The van der Waals surface area contributed by atoms with Crippen LogP contribution in [0.3, 0.4) is 0 Å². The van der Waals surface area contributed by atoms with E-state index in [-0.39, 0.29) is 29.0 Å². The van der Waals surface area contributed by atoms with Crippen LogP contribution in [0.4, 0.5) is 10.1 Å². The topological polar surface area (TPSA) is 114 Å². The van der Waals surface area contributed by atoms with E-state index in [1.807, 2.05) is 18.4 Å². The molecule has 1 atom stereocenters. The van der Waals surface area contributed by atoms with Crippen molar-refractivity contribution in [3.8, 4) is 5.69 Å². The van der Waals surface area contributed by atoms with Crippen molar-refractivity contribution < 1.29 is 22.4 Å². The quantitative estimate of drug-likeness (QED) is 0.667. The molecule has 1 fully saturated rings. The Morgan fingerprint density at radius 3 is 2.60 bits per heavy atom. The van der Waals surface area contributed by atoms with Gasteiger partial charge in [-0.25, -0.2) is 12.8 Å². The van der Waals surface area contributed by atoms with E-state index in [2.05, 4.69) is 5.32 Å². The minimum absolute atomic E-state index is 0.0392. The average molecular weight is 503 g/mol. The molecule has 0 bridgehead atoms. The van der Waals surface area contributed by atoms with Crippen LogP contribution in [0.2, 0.25) is 0 Å². The van der Waals surface area contributed by atoms with Crippen molar-refractivity contribution in [3.05, 3.63) is 40.5 Å². The molecule has 3 heterocycles. The number of nitrogens with two attached hydrogens (primary N) is 1. The molecular formula is C25H31FN4O4S. The van der Waals surface area contributed by atoms with Gasteiger partial charge in [-0.1, -0.05) is 13.8 Å². The summed E-state index contributed by atoms with van der Waals surface area (Å²) >= 11 is 0. The number of aromatic nitrogens is 1. The Morgan fingerprint density at radius 2 is 1.94 bits per heavy atom. The number of carbonyl (C=O) groups excluding carboxylic acids is 2. The van der Waals surface area contributed by atoms with Gasteiger partial charge in [0.1, 0.15) is 5.82 Å². The fourth-order valence-electron chi connectivity index (χ4n) is 6.06. The Hall–Kier alpha value is -2.88. The lowest BCUT2D eigenvalue weighted by atomic mass is 9.89. The van der Waals surface area contributed by atoms with Crippen molar-refractivity contribution in [1.29, 1.82) is 0 Å². The van der Waals surface area contributed by atoms with Crippen LogP contribution in [0.1, 0.15) is 60.9 Å². The van der Waals surface area contributed by atoms with Crippen molar-refractivity contribution in [2.45, 2.75) is 63.8 Å². The number of carbonyl (C=O) groups is 2. The third kappa shape index (κ3) is 4.01. The number of hydrogen-bond donors (Lipinski definition) is 2. The number of likely N-dealkylation sites (tertiary alicyclic amines) is 1. The Morgan fingerprint density at radius 1 is 1.20 bits per heavy atom. The zero-order valence-corrected chi connectivity index (χ0v) is 21.1. The molecule has 0 spiro atoms. The van der Waals surface area contributed by atoms with Gasteiger partial charge in [0.15, 0.2) is 9.84 Å². The predicted molar refractivity (Wildman–Crippen MR) is 130 cm³/mol. The minimum Gasteiger partial charge on any atom is -0.380 e. The number of nitrogens with one attached hydrogen (secondary N) is 1. The molecule has 1 unspecified atom stereocenters. The fourth-order valence-corrected chi connectivity index (χ4v) is 8.45. The number of fused-ring (bicyclic) bond motifs is 3. The van der Waals surface area contributed by atoms with Crippen molar-refractivity contribution >= 4 is 27.3 Å². The van der Waals surface area contributed by atoms with Gasteiger partial charge in [-0.15, -0.1) is 0 Å². The van der Waals surface area contributed by atoms with Crippen LogP contribution in [0.25, 0.3) is 5.69 Å². The van der Waals surface area contributed by atoms with E-state index in [9.17, 15) is 18.0 Å². The van der Waals surface area contributed by atoms with E-state index in [0.29, 0.717) is 55.0 Å². The SMILES string of the molecule is CC(=O)N1CCC(Nc2cc(-n3c4c(c5c3CC(C)(C)CS5(=O)=O)CCC4)cc(F)c2C(N)=O)C1. The van der Waals surface area contributed by atoms with Crippen molar-refractivity contribution in [3.63, 3.8) is 0 Å². The summed E-state index contributed by atoms with van der Waals surface area (Å²) in [5.74, 6) is -1.60. The first-order valence-corrected chi connectivity index (χ1v) is 13.7. The van der Waals surface area contributed by atoms with Gasteiger partial charge in [-0.2, -0.15) is 0 Å². The maximum Gasteiger partial charge on any atom is 0.253 e. The summed E-state index contributed by atoms with van der Waals surface area (Å²) < 4.78 is 43.9. The highest BCUT2D eigenvalue weighted by molar-refractivity contribution is 7.91. The van der Waals surface area contributed by atoms with Crippen LogP contribution in [-0.2, 0) is 33.9 Å². The van der Waals surface area contributed by atoms with Gasteiger partial charge in [0.05, 0.1) is 27.6 Å². The third-order valence-corrected chi connectivity index (χ3v) is 9.64. The van der Waals surface area contributed by atoms with Gasteiger partial charge in [0.25, 0.3) is 5.91 Å². The van der Waals surface area contributed by atoms with Crippen molar-refractivity contribution in [1.82, 2.24) is 9.47 Å². The summed E-state index contributed by atoms with van der Waals surface area (Å²) in [7, 11) is -3.48. The molecule has 8 nitrogen and oxygen atoms in total. The average Bonchev–Trinajstić information content (AvgIpc) is 3.41. The molecule has 1 aliphatic carbocycles. The number of benzene rings is 1. The van der Waals surface area contributed by atoms with Gasteiger partial charge < -0.3 is 20.5 Å². The number of amides is 2. The molecule has 1 saturated heterocycles. The maximum atomic E-state index is 15.4. The van der Waals surface area contributed by atoms with Crippen LogP contribution >= 0.6 is 0 Å². The highest BCUT2D eigenvalue weighted by Gasteiger charge is 2.42. The Balaban J connectivity index is 1.66. The fraction of sp³-hybridized carbons (Fsp3) is 0.520. The summed E-state index contributed by atoms with van der Waals surface area (Å²) in [6.45, 7) is 6.39. The van der Waals surface area contributed by atoms with Gasteiger partial charge in [-0.05, 0) is 55.2 Å². The molecule has 1 aromatic heterocycles. The summed E-state index contributed by atoms with van der Waals surface area (Å²) in [6.07, 6.45) is 3.43. The number of halogens is 1. The summed E-state index contributed by atoms with van der Waals surface area (Å²) in [5, 5.41) is 3.23. The maximum absolute atomic E-state index is 15.4. The molecular weight excluding hydrogens is 471 g/mol. The van der Waals surface area contributed by atoms with Crippen molar-refractivity contribution in [2.24, 2.45) is 11.1 Å². The molecule has 3 aliphatic rings. The molecule has 2 amide bonds. The zero-order chi connectivity index (χ0) is 25.3. The first-order valence-electron chi connectivity index (χ1n) is 12.0. The lowest BCUT2D eigenvalue weighted by Gasteiger charge is -2.31. The highest BCUT2D eigenvalue weighted by atomic mass is 32.2. The summed E-state index contributed by atoms with van der Waals surface area (Å²) in [4.78, 5) is 26.0. The summed E-state index contributed by atoms with van der Waals surface area (Å²) in [6, 6.07) is 2.80. The molecule has 5 rings (SSSR count). The van der Waals surface area contributed by atoms with Gasteiger partial charge in [0, 0.05) is 37.4 Å². The minimum atomic E-state index is -3.48. The largest absolute Gasteiger partial charge is 0.380 e. The highest BCUT2D eigenvalue weighted by Crippen LogP contribution is 2.44. The molecule has 188 valence electrons. The molecule has 2 aromatic rings. The number of anilines is 1. The molecule has 35 heavy (non-hydrogen) atoms. The number of rotatable bonds is 4. The molecule has 1 aromatic carbocycles. The first kappa shape index (κ1) is 23.8. The Kier molecular flexibility index (Phi) is 5.50. The first-order chi connectivity index (χ1) is 16.4. The number of sulfone groups is 1. The third-order valence-electron chi connectivity index (χ3n) is 7.38. The Labute approximate surface area is 204 Å². The molecule has 0 saturated carbocycles. The zero-order valence-electron chi connectivity index (χ0n) is 20.3. The smallest absolute Gasteiger partial charge is 0.253 e. The Bertz CT molecular complexity index is 1360. The van der Waals surface area contributed by atoms with Crippen LogP contribution in [0, 0.1) is 11.2 Å². The van der Waals surface area contributed by atoms with Crippen LogP contribution in [0.15, 0.2) is 17.0 Å². The van der Waals surface area contributed by atoms with Crippen LogP contribution < -0.4 is 11.1 Å².